The Kier molecular flexibility index (Phi) is 9.78. The molecule has 5 nitrogen and oxygen atoms in total. The number of piperidine rings is 2. The molecular formula is C43H56N2O3S. The zero-order chi connectivity index (χ0) is 33.4. The number of thioether (sulfide) groups is 1. The van der Waals surface area contributed by atoms with E-state index < -0.39 is 0 Å². The summed E-state index contributed by atoms with van der Waals surface area (Å²) in [5.41, 5.74) is 7.05. The van der Waals surface area contributed by atoms with Crippen molar-refractivity contribution in [1.29, 1.82) is 0 Å². The lowest BCUT2D eigenvalue weighted by Crippen LogP contribution is -2.62. The first-order valence-electron chi connectivity index (χ1n) is 19.2. The van der Waals surface area contributed by atoms with Crippen molar-refractivity contribution in [2.45, 2.75) is 111 Å². The summed E-state index contributed by atoms with van der Waals surface area (Å²) < 4.78 is 11.1. The summed E-state index contributed by atoms with van der Waals surface area (Å²) in [5, 5.41) is 14.6. The molecule has 2 heterocycles. The highest BCUT2D eigenvalue weighted by molar-refractivity contribution is 7.99. The third-order valence-corrected chi connectivity index (χ3v) is 14.8. The predicted octanol–water partition coefficient (Wildman–Crippen LogP) is 7.95. The fraction of sp³-hybridized carbons (Fsp3) is 0.581. The maximum Gasteiger partial charge on any atom is 0.119 e. The van der Waals surface area contributed by atoms with E-state index in [4.69, 9.17) is 9.47 Å². The molecule has 1 unspecified atom stereocenters. The van der Waals surface area contributed by atoms with Crippen LogP contribution in [0.3, 0.4) is 0 Å². The number of likely N-dealkylation sites (tertiary alicyclic amines) is 1. The van der Waals surface area contributed by atoms with Crippen LogP contribution in [0.25, 0.3) is 0 Å². The van der Waals surface area contributed by atoms with Crippen molar-refractivity contribution >= 4 is 11.8 Å². The number of aliphatic hydroxyl groups excluding tert-OH is 1. The molecule has 4 bridgehead atoms. The molecule has 262 valence electrons. The molecule has 0 aromatic heterocycles. The molecule has 2 aliphatic heterocycles. The molecule has 0 radical (unpaired) electrons. The number of nitrogens with zero attached hydrogens (tertiary/aromatic N) is 1. The summed E-state index contributed by atoms with van der Waals surface area (Å²) in [6.07, 6.45) is 15.5. The van der Waals surface area contributed by atoms with Gasteiger partial charge >= 0.3 is 0 Å². The average Bonchev–Trinajstić information content (AvgIpc) is 3.15. The Morgan fingerprint density at radius 1 is 0.796 bits per heavy atom. The van der Waals surface area contributed by atoms with Crippen LogP contribution in [-0.4, -0.2) is 67.8 Å². The molecule has 9 rings (SSSR count). The maximum atomic E-state index is 10.8. The Morgan fingerprint density at radius 3 is 2.14 bits per heavy atom. The number of fused-ring (bicyclic) bond motifs is 2. The van der Waals surface area contributed by atoms with E-state index in [1.165, 1.54) is 87.6 Å². The van der Waals surface area contributed by atoms with E-state index in [-0.39, 0.29) is 6.10 Å². The Balaban J connectivity index is 0.000000157. The average molecular weight is 681 g/mol. The first-order chi connectivity index (χ1) is 24.0. The lowest BCUT2D eigenvalue weighted by molar-refractivity contribution is -0.0275. The quantitative estimate of drug-likeness (QED) is 0.247. The molecule has 4 aliphatic carbocycles. The van der Waals surface area contributed by atoms with Gasteiger partial charge < -0.3 is 19.9 Å². The molecule has 4 fully saturated rings. The smallest absolute Gasteiger partial charge is 0.119 e. The molecule has 7 atom stereocenters. The summed E-state index contributed by atoms with van der Waals surface area (Å²) >= 11 is 1.76. The molecule has 49 heavy (non-hydrogen) atoms. The second-order valence-electron chi connectivity index (χ2n) is 15.9. The first kappa shape index (κ1) is 33.6. The first-order valence-corrected chi connectivity index (χ1v) is 20.2. The van der Waals surface area contributed by atoms with E-state index in [1.54, 1.807) is 42.7 Å². The minimum absolute atomic E-state index is 0.288. The van der Waals surface area contributed by atoms with Gasteiger partial charge in [0.05, 0.1) is 20.3 Å². The van der Waals surface area contributed by atoms with Crippen LogP contribution in [0.1, 0.15) is 86.5 Å². The van der Waals surface area contributed by atoms with Crippen molar-refractivity contribution in [1.82, 2.24) is 10.2 Å². The summed E-state index contributed by atoms with van der Waals surface area (Å²) in [5.74, 6) is 4.37. The summed E-state index contributed by atoms with van der Waals surface area (Å²) in [4.78, 5) is 3.86. The topological polar surface area (TPSA) is 54.0 Å². The standard InChI is InChI=1S/C26H33NO2S.C17H23NO/c1-29-21-11-10-19-15-25-23-9-5-6-12-26(23,24(19)16-21)13-14-27(25)17-20(28)18-30-22-7-3-2-4-8-22;1-19-13-6-5-12-10-16-14-4-2-3-7-17(14,8-9-18-16)15(12)11-13/h2-4,7-8,10-11,16,20,23,25,28H,5-6,9,12-15,17-18H2,1H3;5-6,11,14,16,18H,2-4,7-10H2,1H3/t20?,23-,25+,26+;14-,16+,17+/m11/s1. The third kappa shape index (κ3) is 6.23. The van der Waals surface area contributed by atoms with E-state index in [0.29, 0.717) is 22.8 Å². The second-order valence-corrected chi connectivity index (χ2v) is 17.0. The van der Waals surface area contributed by atoms with Crippen LogP contribution in [0.2, 0.25) is 0 Å². The summed E-state index contributed by atoms with van der Waals surface area (Å²) in [6, 6.07) is 25.3. The van der Waals surface area contributed by atoms with Crippen molar-refractivity contribution in [2.24, 2.45) is 11.8 Å². The van der Waals surface area contributed by atoms with Crippen molar-refractivity contribution < 1.29 is 14.6 Å². The van der Waals surface area contributed by atoms with E-state index in [1.807, 2.05) is 6.07 Å². The summed E-state index contributed by atoms with van der Waals surface area (Å²) in [6.45, 7) is 3.09. The minimum atomic E-state index is -0.288. The lowest BCUT2D eigenvalue weighted by atomic mass is 9.52. The fourth-order valence-electron chi connectivity index (χ4n) is 11.5. The van der Waals surface area contributed by atoms with Gasteiger partial charge in [-0.2, -0.15) is 0 Å². The second kappa shape index (κ2) is 14.3. The summed E-state index contributed by atoms with van der Waals surface area (Å²) in [7, 11) is 3.56. The van der Waals surface area contributed by atoms with Crippen LogP contribution in [0, 0.1) is 11.8 Å². The molecular weight excluding hydrogens is 625 g/mol. The normalized spacial score (nSPS) is 31.8. The Labute approximate surface area is 298 Å². The van der Waals surface area contributed by atoms with Gasteiger partial charge in [0, 0.05) is 40.1 Å². The van der Waals surface area contributed by atoms with Crippen molar-refractivity contribution in [2.75, 3.05) is 39.6 Å². The minimum Gasteiger partial charge on any atom is -0.497 e. The van der Waals surface area contributed by atoms with Gasteiger partial charge in [0.15, 0.2) is 0 Å². The highest BCUT2D eigenvalue weighted by Gasteiger charge is 2.54. The molecule has 2 N–H and O–H groups in total. The lowest BCUT2D eigenvalue weighted by Gasteiger charge is -2.59. The van der Waals surface area contributed by atoms with Gasteiger partial charge in [0.1, 0.15) is 11.5 Å². The number of aliphatic hydroxyl groups is 1. The highest BCUT2D eigenvalue weighted by Crippen LogP contribution is 2.57. The zero-order valence-corrected chi connectivity index (χ0v) is 30.5. The van der Waals surface area contributed by atoms with Gasteiger partial charge in [-0.1, -0.05) is 56.0 Å². The van der Waals surface area contributed by atoms with Gasteiger partial charge in [-0.25, -0.2) is 0 Å². The van der Waals surface area contributed by atoms with Gasteiger partial charge in [-0.15, -0.1) is 11.8 Å². The SMILES string of the molecule is COc1ccc2c(c1)[C@]13CCCC[C@@H]1[C@H](C2)N(CC(O)CSc1ccccc1)CC3.COc1ccc2c(c1)[C@]13CCCC[C@@H]1[C@H](C2)NCC3. The van der Waals surface area contributed by atoms with Crippen LogP contribution < -0.4 is 14.8 Å². The zero-order valence-electron chi connectivity index (χ0n) is 29.7. The number of ether oxygens (including phenoxy) is 2. The van der Waals surface area contributed by atoms with Crippen molar-refractivity contribution in [3.8, 4) is 11.5 Å². The van der Waals surface area contributed by atoms with Crippen molar-refractivity contribution in [3.05, 3.63) is 89.0 Å². The highest BCUT2D eigenvalue weighted by atomic mass is 32.2. The van der Waals surface area contributed by atoms with Crippen LogP contribution in [0.5, 0.6) is 11.5 Å². The molecule has 2 saturated carbocycles. The Morgan fingerprint density at radius 2 is 1.45 bits per heavy atom. The van der Waals surface area contributed by atoms with Gasteiger partial charge in [-0.05, 0) is 135 Å². The Hall–Kier alpha value is -2.51. The van der Waals surface area contributed by atoms with E-state index in [2.05, 4.69) is 70.9 Å². The third-order valence-electron chi connectivity index (χ3n) is 13.6. The fourth-order valence-corrected chi connectivity index (χ4v) is 12.3. The largest absolute Gasteiger partial charge is 0.497 e. The van der Waals surface area contributed by atoms with Crippen molar-refractivity contribution in [3.63, 3.8) is 0 Å². The molecule has 0 amide bonds. The van der Waals surface area contributed by atoms with E-state index in [9.17, 15) is 5.11 Å². The van der Waals surface area contributed by atoms with Crippen LogP contribution in [0.4, 0.5) is 0 Å². The number of nitrogens with one attached hydrogen (secondary N) is 1. The number of rotatable bonds is 7. The van der Waals surface area contributed by atoms with Gasteiger partial charge in [0.2, 0.25) is 0 Å². The number of methoxy groups -OCH3 is 2. The molecule has 6 heteroatoms. The number of hydrogen-bond acceptors (Lipinski definition) is 6. The predicted molar refractivity (Wildman–Crippen MR) is 200 cm³/mol. The molecule has 2 saturated heterocycles. The van der Waals surface area contributed by atoms with Crippen LogP contribution in [0.15, 0.2) is 71.6 Å². The molecule has 0 spiro atoms. The van der Waals surface area contributed by atoms with Crippen LogP contribution in [-0.2, 0) is 23.7 Å². The maximum absolute atomic E-state index is 10.8. The molecule has 3 aromatic carbocycles. The van der Waals surface area contributed by atoms with Gasteiger partial charge in [0.25, 0.3) is 0 Å². The Bertz CT molecular complexity index is 1600. The van der Waals surface area contributed by atoms with Gasteiger partial charge in [-0.3, -0.25) is 4.90 Å². The monoisotopic (exact) mass is 680 g/mol. The molecule has 6 aliphatic rings. The number of β-amino-alcohol motifs (C(OH)–C–C–N with tert-alkyl or cyclic N) is 1. The van der Waals surface area contributed by atoms with Crippen LogP contribution >= 0.6 is 11.8 Å². The number of benzene rings is 3. The van der Waals surface area contributed by atoms with E-state index in [0.717, 1.165) is 48.7 Å². The number of hydrogen-bond donors (Lipinski definition) is 2. The molecule has 3 aromatic rings. The van der Waals surface area contributed by atoms with E-state index >= 15 is 0 Å².